The van der Waals surface area contributed by atoms with Crippen molar-refractivity contribution in [1.29, 1.82) is 0 Å². The summed E-state index contributed by atoms with van der Waals surface area (Å²) in [6.45, 7) is 1.84. The van der Waals surface area contributed by atoms with Crippen LogP contribution in [0.4, 0.5) is 0 Å². The number of hydrogen-bond donors (Lipinski definition) is 1. The molecule has 0 radical (unpaired) electrons. The maximum atomic E-state index is 5.93. The molecule has 1 saturated carbocycles. The first-order valence-electron chi connectivity index (χ1n) is 4.47. The van der Waals surface area contributed by atoms with Crippen molar-refractivity contribution in [2.75, 3.05) is 7.11 Å². The molecule has 1 aliphatic carbocycles. The third kappa shape index (κ3) is 2.51. The van der Waals surface area contributed by atoms with E-state index < -0.39 is 0 Å². The zero-order valence-electron chi connectivity index (χ0n) is 7.84. The Balaban J connectivity index is 2.34. The molecule has 2 atom stereocenters. The van der Waals surface area contributed by atoms with Gasteiger partial charge in [0, 0.05) is 19.6 Å². The molecule has 68 valence electrons. The van der Waals surface area contributed by atoms with Crippen molar-refractivity contribution in [2.24, 2.45) is 11.7 Å². The van der Waals surface area contributed by atoms with Gasteiger partial charge in [-0.05, 0) is 25.7 Å². The van der Waals surface area contributed by atoms with Crippen LogP contribution in [0.1, 0.15) is 26.2 Å². The normalized spacial score (nSPS) is 20.9. The van der Waals surface area contributed by atoms with E-state index in [0.717, 1.165) is 6.42 Å². The lowest BCUT2D eigenvalue weighted by atomic mass is 10.0. The van der Waals surface area contributed by atoms with Crippen LogP contribution in [0, 0.1) is 17.8 Å². The van der Waals surface area contributed by atoms with Gasteiger partial charge in [-0.3, -0.25) is 0 Å². The molecule has 2 heteroatoms. The number of nitrogens with two attached hydrogens (primary N) is 1. The van der Waals surface area contributed by atoms with Gasteiger partial charge in [0.05, 0.1) is 6.10 Å². The molecule has 0 aromatic rings. The van der Waals surface area contributed by atoms with Gasteiger partial charge in [-0.1, -0.05) is 0 Å². The molecule has 0 saturated heterocycles. The van der Waals surface area contributed by atoms with Crippen molar-refractivity contribution in [3.63, 3.8) is 0 Å². The highest BCUT2D eigenvalue weighted by Crippen LogP contribution is 2.35. The van der Waals surface area contributed by atoms with Crippen LogP contribution in [0.25, 0.3) is 0 Å². The molecule has 0 heterocycles. The lowest BCUT2D eigenvalue weighted by Crippen LogP contribution is -2.37. The molecule has 2 N–H and O–H groups in total. The van der Waals surface area contributed by atoms with Crippen LogP contribution < -0.4 is 5.73 Å². The predicted octanol–water partition coefficient (Wildman–Crippen LogP) is 1.15. The van der Waals surface area contributed by atoms with Crippen LogP contribution in [0.15, 0.2) is 0 Å². The zero-order chi connectivity index (χ0) is 8.97. The topological polar surface area (TPSA) is 35.2 Å². The van der Waals surface area contributed by atoms with Gasteiger partial charge in [0.2, 0.25) is 0 Å². The Morgan fingerprint density at radius 1 is 1.58 bits per heavy atom. The molecular weight excluding hydrogens is 150 g/mol. The fourth-order valence-electron chi connectivity index (χ4n) is 1.48. The van der Waals surface area contributed by atoms with Gasteiger partial charge in [0.25, 0.3) is 0 Å². The minimum atomic E-state index is 0.0925. The van der Waals surface area contributed by atoms with Gasteiger partial charge in [-0.2, -0.15) is 0 Å². The molecule has 0 spiro atoms. The maximum Gasteiger partial charge on any atom is 0.0759 e. The molecule has 0 aromatic heterocycles. The zero-order valence-corrected chi connectivity index (χ0v) is 7.84. The Morgan fingerprint density at radius 2 is 2.25 bits per heavy atom. The molecule has 0 aromatic carbocycles. The van der Waals surface area contributed by atoms with Crippen LogP contribution >= 0.6 is 0 Å². The van der Waals surface area contributed by atoms with Crippen molar-refractivity contribution in [2.45, 2.75) is 38.3 Å². The van der Waals surface area contributed by atoms with E-state index in [0.29, 0.717) is 5.92 Å². The first-order chi connectivity index (χ1) is 5.79. The summed E-state index contributed by atoms with van der Waals surface area (Å²) >= 11 is 0. The average molecular weight is 167 g/mol. The van der Waals surface area contributed by atoms with Crippen LogP contribution in [-0.4, -0.2) is 19.3 Å². The summed E-state index contributed by atoms with van der Waals surface area (Å²) in [4.78, 5) is 0. The van der Waals surface area contributed by atoms with Gasteiger partial charge < -0.3 is 10.5 Å². The van der Waals surface area contributed by atoms with E-state index in [1.54, 1.807) is 7.11 Å². The lowest BCUT2D eigenvalue weighted by Gasteiger charge is -2.20. The summed E-state index contributed by atoms with van der Waals surface area (Å²) in [6.07, 6.45) is 3.52. The second-order valence-electron chi connectivity index (χ2n) is 3.33. The molecule has 0 amide bonds. The van der Waals surface area contributed by atoms with E-state index in [2.05, 4.69) is 11.8 Å². The van der Waals surface area contributed by atoms with E-state index in [4.69, 9.17) is 10.5 Å². The third-order valence-corrected chi connectivity index (χ3v) is 2.30. The number of rotatable bonds is 4. The van der Waals surface area contributed by atoms with E-state index >= 15 is 0 Å². The summed E-state index contributed by atoms with van der Waals surface area (Å²) in [6, 6.07) is 0.0925. The predicted molar refractivity (Wildman–Crippen MR) is 49.6 cm³/mol. The van der Waals surface area contributed by atoms with Crippen molar-refractivity contribution in [3.8, 4) is 11.8 Å². The fourth-order valence-corrected chi connectivity index (χ4v) is 1.48. The number of ether oxygens (including phenoxy) is 1. The van der Waals surface area contributed by atoms with E-state index in [1.165, 1.54) is 12.8 Å². The molecule has 1 rings (SSSR count). The van der Waals surface area contributed by atoms with Gasteiger partial charge in [-0.15, -0.1) is 11.8 Å². The summed E-state index contributed by atoms with van der Waals surface area (Å²) < 4.78 is 5.34. The molecule has 2 unspecified atom stereocenters. The maximum absolute atomic E-state index is 5.93. The van der Waals surface area contributed by atoms with Gasteiger partial charge in [0.15, 0.2) is 0 Å². The summed E-state index contributed by atoms with van der Waals surface area (Å²) in [5.74, 6) is 6.54. The molecule has 0 aliphatic heterocycles. The number of methoxy groups -OCH3 is 1. The van der Waals surface area contributed by atoms with Crippen molar-refractivity contribution < 1.29 is 4.74 Å². The summed E-state index contributed by atoms with van der Waals surface area (Å²) in [5, 5.41) is 0. The Kier molecular flexibility index (Phi) is 3.58. The molecule has 2 nitrogen and oxygen atoms in total. The van der Waals surface area contributed by atoms with Crippen LogP contribution in [0.3, 0.4) is 0 Å². The largest absolute Gasteiger partial charge is 0.380 e. The Labute approximate surface area is 74.5 Å². The Bertz CT molecular complexity index is 188. The summed E-state index contributed by atoms with van der Waals surface area (Å²) in [7, 11) is 1.74. The Hall–Kier alpha value is -0.520. The fraction of sp³-hybridized carbons (Fsp3) is 0.800. The average Bonchev–Trinajstić information content (AvgIpc) is 2.86. The first kappa shape index (κ1) is 9.57. The van der Waals surface area contributed by atoms with E-state index in [9.17, 15) is 0 Å². The van der Waals surface area contributed by atoms with Crippen molar-refractivity contribution >= 4 is 0 Å². The smallest absolute Gasteiger partial charge is 0.0759 e. The highest BCUT2D eigenvalue weighted by atomic mass is 16.5. The van der Waals surface area contributed by atoms with Gasteiger partial charge in [0.1, 0.15) is 0 Å². The van der Waals surface area contributed by atoms with Crippen molar-refractivity contribution in [3.05, 3.63) is 0 Å². The summed E-state index contributed by atoms with van der Waals surface area (Å²) in [5.41, 5.74) is 5.93. The number of hydrogen-bond acceptors (Lipinski definition) is 2. The third-order valence-electron chi connectivity index (χ3n) is 2.30. The standard InChI is InChI=1S/C10H17NO/c1-3-4-5-9(11)10(12-2)8-6-7-8/h8-10H,5-7,11H2,1-2H3. The van der Waals surface area contributed by atoms with Crippen molar-refractivity contribution in [1.82, 2.24) is 0 Å². The molecule has 1 fully saturated rings. The molecule has 12 heavy (non-hydrogen) atoms. The molecule has 1 aliphatic rings. The van der Waals surface area contributed by atoms with E-state index in [1.807, 2.05) is 6.92 Å². The monoisotopic (exact) mass is 167 g/mol. The minimum Gasteiger partial charge on any atom is -0.380 e. The van der Waals surface area contributed by atoms with Gasteiger partial charge >= 0.3 is 0 Å². The van der Waals surface area contributed by atoms with E-state index in [-0.39, 0.29) is 12.1 Å². The minimum absolute atomic E-state index is 0.0925. The first-order valence-corrected chi connectivity index (χ1v) is 4.47. The highest BCUT2D eigenvalue weighted by molar-refractivity contribution is 5.01. The lowest BCUT2D eigenvalue weighted by molar-refractivity contribution is 0.0639. The highest BCUT2D eigenvalue weighted by Gasteiger charge is 2.34. The van der Waals surface area contributed by atoms with Gasteiger partial charge in [-0.25, -0.2) is 0 Å². The molecular formula is C10H17NO. The Morgan fingerprint density at radius 3 is 2.67 bits per heavy atom. The quantitative estimate of drug-likeness (QED) is 0.637. The SMILES string of the molecule is CC#CCC(N)C(OC)C1CC1. The second-order valence-corrected chi connectivity index (χ2v) is 3.33. The molecule has 0 bridgehead atoms. The van der Waals surface area contributed by atoms with Crippen LogP contribution in [0.5, 0.6) is 0 Å². The van der Waals surface area contributed by atoms with Crippen LogP contribution in [0.2, 0.25) is 0 Å². The second kappa shape index (κ2) is 4.49. The van der Waals surface area contributed by atoms with Crippen LogP contribution in [-0.2, 0) is 4.74 Å².